The molecule has 1 nitrogen and oxygen atoms in total. The van der Waals surface area contributed by atoms with Gasteiger partial charge >= 0.3 is 0 Å². The van der Waals surface area contributed by atoms with E-state index in [1.54, 1.807) is 17.4 Å². The van der Waals surface area contributed by atoms with Crippen molar-refractivity contribution >= 4 is 21.4 Å². The summed E-state index contributed by atoms with van der Waals surface area (Å²) in [6, 6.07) is 6.69. The highest BCUT2D eigenvalue weighted by atomic mass is 32.1. The summed E-state index contributed by atoms with van der Waals surface area (Å²) in [5.74, 6) is 0.491. The molecule has 0 bridgehead atoms. The molecule has 1 aliphatic rings. The molecule has 1 aromatic heterocycles. The van der Waals surface area contributed by atoms with Gasteiger partial charge in [-0.25, -0.2) is 4.39 Å². The van der Waals surface area contributed by atoms with Crippen LogP contribution in [0.5, 0.6) is 0 Å². The maximum atomic E-state index is 13.0. The van der Waals surface area contributed by atoms with E-state index in [9.17, 15) is 9.50 Å². The first-order valence-electron chi connectivity index (χ1n) is 5.59. The normalized spacial score (nSPS) is 17.9. The lowest BCUT2D eigenvalue weighted by Crippen LogP contribution is -1.94. The molecular weight excluding hydrogens is 223 g/mol. The van der Waals surface area contributed by atoms with E-state index in [1.807, 2.05) is 6.07 Å². The second-order valence-electron chi connectivity index (χ2n) is 4.53. The highest BCUT2D eigenvalue weighted by Crippen LogP contribution is 2.40. The maximum absolute atomic E-state index is 13.0. The Balaban J connectivity index is 1.91. The number of aliphatic hydroxyl groups excluding tert-OH is 1. The minimum absolute atomic E-state index is 0.214. The molecule has 0 radical (unpaired) electrons. The van der Waals surface area contributed by atoms with E-state index in [-0.39, 0.29) is 11.9 Å². The van der Waals surface area contributed by atoms with Gasteiger partial charge in [-0.1, -0.05) is 12.8 Å². The Morgan fingerprint density at radius 1 is 1.38 bits per heavy atom. The molecule has 1 saturated carbocycles. The van der Waals surface area contributed by atoms with E-state index in [0.717, 1.165) is 21.4 Å². The zero-order chi connectivity index (χ0) is 11.1. The topological polar surface area (TPSA) is 20.2 Å². The van der Waals surface area contributed by atoms with Gasteiger partial charge in [-0.2, -0.15) is 0 Å². The zero-order valence-corrected chi connectivity index (χ0v) is 9.64. The van der Waals surface area contributed by atoms with Gasteiger partial charge < -0.3 is 5.11 Å². The van der Waals surface area contributed by atoms with Crippen LogP contribution < -0.4 is 0 Å². The summed E-state index contributed by atoms with van der Waals surface area (Å²) in [5.41, 5.74) is 0. The number of aliphatic hydroxyl groups is 1. The Morgan fingerprint density at radius 3 is 2.94 bits per heavy atom. The largest absolute Gasteiger partial charge is 0.388 e. The second kappa shape index (κ2) is 3.82. The SMILES string of the molecule is OC(CC1CC1)c1cc2cc(F)ccc2s1. The van der Waals surface area contributed by atoms with Crippen molar-refractivity contribution < 1.29 is 9.50 Å². The van der Waals surface area contributed by atoms with Crippen LogP contribution in [-0.4, -0.2) is 5.11 Å². The van der Waals surface area contributed by atoms with Crippen molar-refractivity contribution in [2.45, 2.75) is 25.4 Å². The molecule has 84 valence electrons. The summed E-state index contributed by atoms with van der Waals surface area (Å²) in [4.78, 5) is 0.965. The van der Waals surface area contributed by atoms with Crippen LogP contribution >= 0.6 is 11.3 Å². The van der Waals surface area contributed by atoms with Crippen molar-refractivity contribution in [1.82, 2.24) is 0 Å². The highest BCUT2D eigenvalue weighted by Gasteiger charge is 2.25. The van der Waals surface area contributed by atoms with Crippen molar-refractivity contribution in [1.29, 1.82) is 0 Å². The number of hydrogen-bond acceptors (Lipinski definition) is 2. The van der Waals surface area contributed by atoms with E-state index in [2.05, 4.69) is 0 Å². The Labute approximate surface area is 97.5 Å². The van der Waals surface area contributed by atoms with Crippen LogP contribution in [0.2, 0.25) is 0 Å². The molecule has 16 heavy (non-hydrogen) atoms. The van der Waals surface area contributed by atoms with Gasteiger partial charge in [0.05, 0.1) is 6.10 Å². The number of fused-ring (bicyclic) bond motifs is 1. The molecule has 1 heterocycles. The van der Waals surface area contributed by atoms with Gasteiger partial charge in [-0.3, -0.25) is 0 Å². The molecule has 0 spiro atoms. The van der Waals surface area contributed by atoms with Gasteiger partial charge in [0.2, 0.25) is 0 Å². The average molecular weight is 236 g/mol. The Kier molecular flexibility index (Phi) is 2.45. The van der Waals surface area contributed by atoms with Crippen LogP contribution in [0.15, 0.2) is 24.3 Å². The van der Waals surface area contributed by atoms with Gasteiger partial charge in [-0.15, -0.1) is 11.3 Å². The molecule has 0 saturated heterocycles. The van der Waals surface area contributed by atoms with E-state index >= 15 is 0 Å². The summed E-state index contributed by atoms with van der Waals surface area (Å²) in [6.07, 6.45) is 2.98. The second-order valence-corrected chi connectivity index (χ2v) is 5.64. The number of rotatable bonds is 3. The van der Waals surface area contributed by atoms with E-state index in [4.69, 9.17) is 0 Å². The Hall–Kier alpha value is -0.930. The van der Waals surface area contributed by atoms with Crippen molar-refractivity contribution in [3.05, 3.63) is 35.0 Å². The quantitative estimate of drug-likeness (QED) is 0.857. The molecule has 3 heteroatoms. The third-order valence-corrected chi connectivity index (χ3v) is 4.30. The van der Waals surface area contributed by atoms with Gasteiger partial charge in [0.15, 0.2) is 0 Å². The fourth-order valence-corrected chi connectivity index (χ4v) is 3.03. The molecule has 2 aromatic rings. The van der Waals surface area contributed by atoms with Crippen LogP contribution in [0.25, 0.3) is 10.1 Å². The van der Waals surface area contributed by atoms with E-state index in [1.165, 1.54) is 25.0 Å². The maximum Gasteiger partial charge on any atom is 0.123 e. The zero-order valence-electron chi connectivity index (χ0n) is 8.82. The van der Waals surface area contributed by atoms with Gasteiger partial charge in [0.25, 0.3) is 0 Å². The molecule has 0 aliphatic heterocycles. The average Bonchev–Trinajstić information content (AvgIpc) is 2.95. The van der Waals surface area contributed by atoms with Crippen LogP contribution in [0, 0.1) is 11.7 Å². The van der Waals surface area contributed by atoms with Crippen LogP contribution in [-0.2, 0) is 0 Å². The van der Waals surface area contributed by atoms with E-state index < -0.39 is 0 Å². The fourth-order valence-electron chi connectivity index (χ4n) is 1.98. The van der Waals surface area contributed by atoms with Crippen molar-refractivity contribution in [2.24, 2.45) is 5.92 Å². The van der Waals surface area contributed by atoms with Gasteiger partial charge in [0.1, 0.15) is 5.82 Å². The first-order chi connectivity index (χ1) is 7.72. The van der Waals surface area contributed by atoms with Gasteiger partial charge in [0, 0.05) is 9.58 Å². The molecule has 1 N–H and O–H groups in total. The third kappa shape index (κ3) is 1.97. The number of thiophene rings is 1. The lowest BCUT2D eigenvalue weighted by Gasteiger charge is -2.05. The molecule has 0 amide bonds. The monoisotopic (exact) mass is 236 g/mol. The number of hydrogen-bond donors (Lipinski definition) is 1. The fraction of sp³-hybridized carbons (Fsp3) is 0.385. The summed E-state index contributed by atoms with van der Waals surface area (Å²) >= 11 is 1.57. The van der Waals surface area contributed by atoms with Gasteiger partial charge in [-0.05, 0) is 42.0 Å². The Bertz CT molecular complexity index is 516. The molecule has 1 fully saturated rings. The number of benzene rings is 1. The third-order valence-electron chi connectivity index (χ3n) is 3.08. The summed E-state index contributed by atoms with van der Waals surface area (Å²) in [7, 11) is 0. The smallest absolute Gasteiger partial charge is 0.123 e. The van der Waals surface area contributed by atoms with Crippen molar-refractivity contribution in [2.75, 3.05) is 0 Å². The minimum Gasteiger partial charge on any atom is -0.388 e. The molecule has 1 unspecified atom stereocenters. The van der Waals surface area contributed by atoms with Crippen LogP contribution in [0.3, 0.4) is 0 Å². The molecule has 3 rings (SSSR count). The molecular formula is C13H13FOS. The summed E-state index contributed by atoms with van der Waals surface area (Å²) < 4.78 is 14.1. The predicted molar refractivity (Wildman–Crippen MR) is 64.1 cm³/mol. The lowest BCUT2D eigenvalue weighted by molar-refractivity contribution is 0.164. The molecule has 1 atom stereocenters. The minimum atomic E-state index is -0.368. The Morgan fingerprint density at radius 2 is 2.19 bits per heavy atom. The summed E-state index contributed by atoms with van der Waals surface area (Å²) in [6.45, 7) is 0. The molecule has 1 aliphatic carbocycles. The first-order valence-corrected chi connectivity index (χ1v) is 6.41. The molecule has 1 aromatic carbocycles. The number of halogens is 1. The lowest BCUT2D eigenvalue weighted by atomic mass is 10.1. The highest BCUT2D eigenvalue weighted by molar-refractivity contribution is 7.19. The van der Waals surface area contributed by atoms with Crippen molar-refractivity contribution in [3.8, 4) is 0 Å². The standard InChI is InChI=1S/C13H13FOS/c14-10-3-4-12-9(6-10)7-13(16-12)11(15)5-8-1-2-8/h3-4,6-8,11,15H,1-2,5H2. The first kappa shape index (κ1) is 10.2. The van der Waals surface area contributed by atoms with Crippen LogP contribution in [0.4, 0.5) is 4.39 Å². The summed E-state index contributed by atoms with van der Waals surface area (Å²) in [5, 5.41) is 10.9. The van der Waals surface area contributed by atoms with Crippen LogP contribution in [0.1, 0.15) is 30.2 Å². The van der Waals surface area contributed by atoms with E-state index in [0.29, 0.717) is 5.92 Å². The predicted octanol–water partition coefficient (Wildman–Crippen LogP) is 3.87. The van der Waals surface area contributed by atoms with Crippen molar-refractivity contribution in [3.63, 3.8) is 0 Å².